The fraction of sp³-hybridized carbons (Fsp3) is 0.286. The highest BCUT2D eigenvalue weighted by molar-refractivity contribution is 5.75. The minimum Gasteiger partial charge on any atom is -0.485 e. The minimum absolute atomic E-state index is 0.142. The third-order valence-electron chi connectivity index (χ3n) is 4.92. The van der Waals surface area contributed by atoms with Crippen LogP contribution in [0, 0.1) is 18.6 Å². The van der Waals surface area contributed by atoms with Crippen molar-refractivity contribution in [1.29, 1.82) is 0 Å². The number of rotatable bonds is 6. The third-order valence-corrected chi connectivity index (χ3v) is 4.92. The largest absolute Gasteiger partial charge is 0.485 e. The fourth-order valence-electron chi connectivity index (χ4n) is 3.32. The zero-order valence-corrected chi connectivity index (χ0v) is 15.9. The second-order valence-corrected chi connectivity index (χ2v) is 7.07. The number of aryl methyl sites for hydroxylation is 2. The molecule has 0 fully saturated rings. The van der Waals surface area contributed by atoms with Crippen LogP contribution in [0.5, 0.6) is 5.75 Å². The number of halogens is 2. The van der Waals surface area contributed by atoms with Crippen LogP contribution in [0.2, 0.25) is 0 Å². The Kier molecular flexibility index (Phi) is 5.24. The van der Waals surface area contributed by atoms with Crippen molar-refractivity contribution in [2.45, 2.75) is 32.4 Å². The minimum atomic E-state index is -0.488. The van der Waals surface area contributed by atoms with Gasteiger partial charge in [-0.05, 0) is 41.8 Å². The number of ether oxygens (including phenoxy) is 1. The lowest BCUT2D eigenvalue weighted by molar-refractivity contribution is -0.121. The number of aromatic nitrogens is 3. The van der Waals surface area contributed by atoms with E-state index < -0.39 is 5.82 Å². The average molecular weight is 398 g/mol. The molecule has 8 heteroatoms. The van der Waals surface area contributed by atoms with Gasteiger partial charge in [0.2, 0.25) is 5.91 Å². The number of hydrogen-bond donors (Lipinski definition) is 1. The van der Waals surface area contributed by atoms with Crippen molar-refractivity contribution in [3.63, 3.8) is 0 Å². The lowest BCUT2D eigenvalue weighted by Crippen LogP contribution is -2.34. The summed E-state index contributed by atoms with van der Waals surface area (Å²) in [4.78, 5) is 15.8. The lowest BCUT2D eigenvalue weighted by atomic mass is 9.99. The standard InChI is InChI=1S/C21H20F2N4O2/c1-13-2-3-14(8-18(13)22)15-6-16-7-17(29-21(16)19(23)9-15)10-25-20(28)4-5-27-12-24-11-26-27/h2-3,6,8-9,11-12,17H,4-5,7,10H2,1H3,(H,25,28). The van der Waals surface area contributed by atoms with E-state index >= 15 is 0 Å². The van der Waals surface area contributed by atoms with E-state index in [-0.39, 0.29) is 36.5 Å². The van der Waals surface area contributed by atoms with Crippen LogP contribution in [-0.2, 0) is 17.8 Å². The van der Waals surface area contributed by atoms with Crippen molar-refractivity contribution < 1.29 is 18.3 Å². The average Bonchev–Trinajstić information content (AvgIpc) is 3.36. The first kappa shape index (κ1) is 19.0. The molecule has 2 heterocycles. The zero-order valence-electron chi connectivity index (χ0n) is 15.9. The molecule has 3 aromatic rings. The van der Waals surface area contributed by atoms with E-state index in [1.54, 1.807) is 30.1 Å². The van der Waals surface area contributed by atoms with Gasteiger partial charge in [0.25, 0.3) is 0 Å². The number of nitrogens with one attached hydrogen (secondary N) is 1. The molecule has 29 heavy (non-hydrogen) atoms. The molecule has 1 N–H and O–H groups in total. The smallest absolute Gasteiger partial charge is 0.221 e. The summed E-state index contributed by atoms with van der Waals surface area (Å²) in [5.41, 5.74) is 2.46. The molecule has 0 aliphatic carbocycles. The SMILES string of the molecule is Cc1ccc(-c2cc(F)c3c(c2)CC(CNC(=O)CCn2cncn2)O3)cc1F. The number of carbonyl (C=O) groups excluding carboxylic acids is 1. The molecule has 1 atom stereocenters. The van der Waals surface area contributed by atoms with Crippen LogP contribution in [-0.4, -0.2) is 33.3 Å². The Balaban J connectivity index is 1.38. The Bertz CT molecular complexity index is 1040. The molecule has 1 aliphatic rings. The second-order valence-electron chi connectivity index (χ2n) is 7.07. The molecule has 0 radical (unpaired) electrons. The highest BCUT2D eigenvalue weighted by Crippen LogP contribution is 2.36. The monoisotopic (exact) mass is 398 g/mol. The normalized spacial score (nSPS) is 15.1. The summed E-state index contributed by atoms with van der Waals surface area (Å²) < 4.78 is 35.7. The highest BCUT2D eigenvalue weighted by Gasteiger charge is 2.27. The second kappa shape index (κ2) is 7.98. The van der Waals surface area contributed by atoms with Gasteiger partial charge in [0.05, 0.1) is 13.1 Å². The summed E-state index contributed by atoms with van der Waals surface area (Å²) in [5, 5.41) is 6.75. The van der Waals surface area contributed by atoms with E-state index in [2.05, 4.69) is 15.4 Å². The van der Waals surface area contributed by atoms with E-state index in [0.717, 1.165) is 0 Å². The van der Waals surface area contributed by atoms with Gasteiger partial charge in [-0.1, -0.05) is 12.1 Å². The Morgan fingerprint density at radius 1 is 1.24 bits per heavy atom. The number of nitrogens with zero attached hydrogens (tertiary/aromatic N) is 3. The Morgan fingerprint density at radius 2 is 2.07 bits per heavy atom. The topological polar surface area (TPSA) is 69.0 Å². The zero-order chi connectivity index (χ0) is 20.4. The molecule has 1 unspecified atom stereocenters. The molecule has 0 spiro atoms. The van der Waals surface area contributed by atoms with Crippen LogP contribution < -0.4 is 10.1 Å². The fourth-order valence-corrected chi connectivity index (χ4v) is 3.32. The number of amides is 1. The predicted molar refractivity (Wildman–Crippen MR) is 102 cm³/mol. The van der Waals surface area contributed by atoms with Gasteiger partial charge >= 0.3 is 0 Å². The van der Waals surface area contributed by atoms with Crippen molar-refractivity contribution in [2.75, 3.05) is 6.54 Å². The van der Waals surface area contributed by atoms with Crippen LogP contribution in [0.3, 0.4) is 0 Å². The molecule has 1 aliphatic heterocycles. The van der Waals surface area contributed by atoms with Crippen molar-refractivity contribution in [3.05, 3.63) is 65.7 Å². The first-order chi connectivity index (χ1) is 14.0. The summed E-state index contributed by atoms with van der Waals surface area (Å²) in [6.07, 6.45) is 3.34. The first-order valence-electron chi connectivity index (χ1n) is 9.34. The summed E-state index contributed by atoms with van der Waals surface area (Å²) in [6.45, 7) is 2.39. The van der Waals surface area contributed by atoms with Crippen LogP contribution in [0.15, 0.2) is 43.0 Å². The van der Waals surface area contributed by atoms with Crippen molar-refractivity contribution in [2.24, 2.45) is 0 Å². The van der Waals surface area contributed by atoms with Gasteiger partial charge in [-0.2, -0.15) is 5.10 Å². The maximum absolute atomic E-state index is 14.5. The van der Waals surface area contributed by atoms with Gasteiger partial charge < -0.3 is 10.1 Å². The number of benzene rings is 2. The maximum Gasteiger partial charge on any atom is 0.221 e. The maximum atomic E-state index is 14.5. The Morgan fingerprint density at radius 3 is 2.83 bits per heavy atom. The van der Waals surface area contributed by atoms with Gasteiger partial charge in [0, 0.05) is 18.4 Å². The molecule has 0 saturated heterocycles. The van der Waals surface area contributed by atoms with Crippen molar-refractivity contribution in [1.82, 2.24) is 20.1 Å². The molecule has 1 amide bonds. The molecule has 0 bridgehead atoms. The van der Waals surface area contributed by atoms with E-state index in [1.807, 2.05) is 6.07 Å². The van der Waals surface area contributed by atoms with Gasteiger partial charge in [-0.25, -0.2) is 13.8 Å². The molecule has 0 saturated carbocycles. The van der Waals surface area contributed by atoms with E-state index in [1.165, 1.54) is 18.5 Å². The van der Waals surface area contributed by atoms with Gasteiger partial charge in [0.1, 0.15) is 24.6 Å². The van der Waals surface area contributed by atoms with Crippen LogP contribution in [0.4, 0.5) is 8.78 Å². The van der Waals surface area contributed by atoms with Gasteiger partial charge in [-0.3, -0.25) is 9.48 Å². The van der Waals surface area contributed by atoms with E-state index in [9.17, 15) is 13.6 Å². The van der Waals surface area contributed by atoms with Crippen molar-refractivity contribution >= 4 is 5.91 Å². The van der Waals surface area contributed by atoms with Crippen LogP contribution in [0.25, 0.3) is 11.1 Å². The Labute approximate surface area is 166 Å². The molecule has 150 valence electrons. The van der Waals surface area contributed by atoms with Crippen LogP contribution >= 0.6 is 0 Å². The van der Waals surface area contributed by atoms with Crippen LogP contribution in [0.1, 0.15) is 17.5 Å². The van der Waals surface area contributed by atoms with Gasteiger partial charge in [-0.15, -0.1) is 0 Å². The molecular formula is C21H20F2N4O2. The molecule has 4 rings (SSSR count). The number of fused-ring (bicyclic) bond motifs is 1. The summed E-state index contributed by atoms with van der Waals surface area (Å²) in [7, 11) is 0. The molecule has 6 nitrogen and oxygen atoms in total. The van der Waals surface area contributed by atoms with Crippen molar-refractivity contribution in [3.8, 4) is 16.9 Å². The Hall–Kier alpha value is -3.29. The molecule has 1 aromatic heterocycles. The summed E-state index contributed by atoms with van der Waals surface area (Å²) in [6, 6.07) is 8.00. The molecular weight excluding hydrogens is 378 g/mol. The summed E-state index contributed by atoms with van der Waals surface area (Å²) in [5.74, 6) is -0.760. The first-order valence-corrected chi connectivity index (χ1v) is 9.34. The number of carbonyl (C=O) groups is 1. The number of hydrogen-bond acceptors (Lipinski definition) is 4. The molecule has 2 aromatic carbocycles. The third kappa shape index (κ3) is 4.26. The highest BCUT2D eigenvalue weighted by atomic mass is 19.1. The van der Waals surface area contributed by atoms with E-state index in [4.69, 9.17) is 4.74 Å². The summed E-state index contributed by atoms with van der Waals surface area (Å²) >= 11 is 0. The van der Waals surface area contributed by atoms with E-state index in [0.29, 0.717) is 35.2 Å². The lowest BCUT2D eigenvalue weighted by Gasteiger charge is -2.12. The quantitative estimate of drug-likeness (QED) is 0.693. The van der Waals surface area contributed by atoms with Gasteiger partial charge in [0.15, 0.2) is 11.6 Å². The predicted octanol–water partition coefficient (Wildman–Crippen LogP) is 3.04.